The summed E-state index contributed by atoms with van der Waals surface area (Å²) < 4.78 is 0. The van der Waals surface area contributed by atoms with Gasteiger partial charge in [0, 0.05) is 43.9 Å². The number of hydrogen-bond donors (Lipinski definition) is 1. The third-order valence-corrected chi connectivity index (χ3v) is 4.20. The van der Waals surface area contributed by atoms with Gasteiger partial charge in [0.1, 0.15) is 0 Å². The average Bonchev–Trinajstić information content (AvgIpc) is 2.92. The Labute approximate surface area is 129 Å². The van der Waals surface area contributed by atoms with Crippen molar-refractivity contribution >= 4 is 23.4 Å². The maximum atomic E-state index is 12.5. The van der Waals surface area contributed by atoms with Crippen molar-refractivity contribution < 1.29 is 14.4 Å². The first-order valence-corrected chi connectivity index (χ1v) is 7.58. The third kappa shape index (κ3) is 2.68. The fourth-order valence-electron chi connectivity index (χ4n) is 2.93. The Morgan fingerprint density at radius 1 is 1.14 bits per heavy atom. The number of benzene rings is 1. The molecule has 1 N–H and O–H groups in total. The monoisotopic (exact) mass is 301 g/mol. The van der Waals surface area contributed by atoms with E-state index >= 15 is 0 Å². The van der Waals surface area contributed by atoms with Crippen molar-refractivity contribution in [1.82, 2.24) is 9.80 Å². The van der Waals surface area contributed by atoms with E-state index in [1.54, 1.807) is 28.0 Å². The summed E-state index contributed by atoms with van der Waals surface area (Å²) in [6.45, 7) is 4.13. The van der Waals surface area contributed by atoms with Gasteiger partial charge in [0.15, 0.2) is 0 Å². The van der Waals surface area contributed by atoms with Crippen molar-refractivity contribution in [2.75, 3.05) is 31.5 Å². The normalized spacial score (nSPS) is 17.2. The Balaban J connectivity index is 1.67. The number of carbonyl (C=O) groups excluding carboxylic acids is 3. The minimum absolute atomic E-state index is 0.0358. The van der Waals surface area contributed by atoms with Gasteiger partial charge in [0.05, 0.1) is 6.42 Å². The predicted octanol–water partition coefficient (Wildman–Crippen LogP) is 0.876. The third-order valence-electron chi connectivity index (χ3n) is 4.20. The molecule has 0 unspecified atom stereocenters. The van der Waals surface area contributed by atoms with Crippen LogP contribution in [0.2, 0.25) is 0 Å². The number of hydrogen-bond acceptors (Lipinski definition) is 3. The SMILES string of the molecule is CCC(=O)N1CCN(C(=O)c2ccc3c(c2)CC(=O)N3)CC1. The molecule has 1 aromatic carbocycles. The highest BCUT2D eigenvalue weighted by Crippen LogP contribution is 2.24. The van der Waals surface area contributed by atoms with Crippen LogP contribution in [0.25, 0.3) is 0 Å². The van der Waals surface area contributed by atoms with E-state index in [-0.39, 0.29) is 17.7 Å². The van der Waals surface area contributed by atoms with Crippen molar-refractivity contribution in [3.05, 3.63) is 29.3 Å². The van der Waals surface area contributed by atoms with Crippen LogP contribution >= 0.6 is 0 Å². The predicted molar refractivity (Wildman–Crippen MR) is 81.6 cm³/mol. The van der Waals surface area contributed by atoms with Gasteiger partial charge in [-0.3, -0.25) is 14.4 Å². The maximum Gasteiger partial charge on any atom is 0.253 e. The molecule has 0 aromatic heterocycles. The Morgan fingerprint density at radius 3 is 2.50 bits per heavy atom. The summed E-state index contributed by atoms with van der Waals surface area (Å²) in [5.74, 6) is 0.0613. The lowest BCUT2D eigenvalue weighted by atomic mass is 10.1. The molecular weight excluding hydrogens is 282 g/mol. The average molecular weight is 301 g/mol. The summed E-state index contributed by atoms with van der Waals surface area (Å²) in [6.07, 6.45) is 0.828. The van der Waals surface area contributed by atoms with Crippen LogP contribution < -0.4 is 5.32 Å². The zero-order valence-corrected chi connectivity index (χ0v) is 12.6. The molecule has 1 fully saturated rings. The fraction of sp³-hybridized carbons (Fsp3) is 0.438. The van der Waals surface area contributed by atoms with Gasteiger partial charge in [-0.15, -0.1) is 0 Å². The molecule has 3 amide bonds. The molecule has 6 heteroatoms. The van der Waals surface area contributed by atoms with Crippen LogP contribution in [0, 0.1) is 0 Å². The van der Waals surface area contributed by atoms with E-state index in [1.807, 2.05) is 6.92 Å². The van der Waals surface area contributed by atoms with Crippen LogP contribution in [-0.4, -0.2) is 53.7 Å². The Kier molecular flexibility index (Phi) is 3.83. The van der Waals surface area contributed by atoms with Crippen molar-refractivity contribution in [2.45, 2.75) is 19.8 Å². The summed E-state index contributed by atoms with van der Waals surface area (Å²) in [5, 5.41) is 2.76. The van der Waals surface area contributed by atoms with E-state index in [0.717, 1.165) is 11.3 Å². The Bertz CT molecular complexity index is 634. The molecule has 0 spiro atoms. The highest BCUT2D eigenvalue weighted by atomic mass is 16.2. The summed E-state index contributed by atoms with van der Waals surface area (Å²) >= 11 is 0. The van der Waals surface area contributed by atoms with Crippen LogP contribution in [0.4, 0.5) is 5.69 Å². The topological polar surface area (TPSA) is 69.7 Å². The standard InChI is InChI=1S/C16H19N3O3/c1-2-15(21)18-5-7-19(8-6-18)16(22)11-3-4-13-12(9-11)10-14(20)17-13/h3-4,9H,2,5-8,10H2,1H3,(H,17,20). The molecule has 0 bridgehead atoms. The van der Waals surface area contributed by atoms with E-state index in [2.05, 4.69) is 5.32 Å². The van der Waals surface area contributed by atoms with Crippen molar-refractivity contribution in [3.63, 3.8) is 0 Å². The lowest BCUT2D eigenvalue weighted by molar-refractivity contribution is -0.132. The molecule has 116 valence electrons. The summed E-state index contributed by atoms with van der Waals surface area (Å²) in [6, 6.07) is 5.32. The molecule has 0 saturated carbocycles. The van der Waals surface area contributed by atoms with Crippen LogP contribution in [0.15, 0.2) is 18.2 Å². The van der Waals surface area contributed by atoms with Gasteiger partial charge in [-0.2, -0.15) is 0 Å². The van der Waals surface area contributed by atoms with E-state index in [0.29, 0.717) is 44.6 Å². The molecule has 0 aliphatic carbocycles. The highest BCUT2D eigenvalue weighted by molar-refractivity contribution is 6.01. The van der Waals surface area contributed by atoms with E-state index in [1.165, 1.54) is 0 Å². The van der Waals surface area contributed by atoms with Crippen LogP contribution in [0.1, 0.15) is 29.3 Å². The molecular formula is C16H19N3O3. The molecule has 2 heterocycles. The first kappa shape index (κ1) is 14.6. The van der Waals surface area contributed by atoms with E-state index in [4.69, 9.17) is 0 Å². The maximum absolute atomic E-state index is 12.5. The molecule has 1 saturated heterocycles. The second-order valence-corrected chi connectivity index (χ2v) is 5.62. The molecule has 2 aliphatic rings. The molecule has 2 aliphatic heterocycles. The number of amides is 3. The molecule has 22 heavy (non-hydrogen) atoms. The summed E-state index contributed by atoms with van der Waals surface area (Å²) in [7, 11) is 0. The molecule has 0 radical (unpaired) electrons. The van der Waals surface area contributed by atoms with Crippen molar-refractivity contribution in [3.8, 4) is 0 Å². The fourth-order valence-corrected chi connectivity index (χ4v) is 2.93. The molecule has 3 rings (SSSR count). The number of carbonyl (C=O) groups is 3. The summed E-state index contributed by atoms with van der Waals surface area (Å²) in [5.41, 5.74) is 2.26. The Hall–Kier alpha value is -2.37. The van der Waals surface area contributed by atoms with Crippen LogP contribution in [0.3, 0.4) is 0 Å². The lowest BCUT2D eigenvalue weighted by Gasteiger charge is -2.34. The van der Waals surface area contributed by atoms with Gasteiger partial charge in [-0.1, -0.05) is 6.92 Å². The quantitative estimate of drug-likeness (QED) is 0.881. The number of nitrogens with zero attached hydrogens (tertiary/aromatic N) is 2. The number of nitrogens with one attached hydrogen (secondary N) is 1. The van der Waals surface area contributed by atoms with Gasteiger partial charge in [0.2, 0.25) is 11.8 Å². The van der Waals surface area contributed by atoms with Crippen LogP contribution in [-0.2, 0) is 16.0 Å². The first-order chi connectivity index (χ1) is 10.6. The number of fused-ring (bicyclic) bond motifs is 1. The molecule has 6 nitrogen and oxygen atoms in total. The lowest BCUT2D eigenvalue weighted by Crippen LogP contribution is -2.50. The van der Waals surface area contributed by atoms with Gasteiger partial charge in [-0.25, -0.2) is 0 Å². The van der Waals surface area contributed by atoms with Gasteiger partial charge in [0.25, 0.3) is 5.91 Å². The van der Waals surface area contributed by atoms with E-state index in [9.17, 15) is 14.4 Å². The number of anilines is 1. The van der Waals surface area contributed by atoms with Gasteiger partial charge >= 0.3 is 0 Å². The second kappa shape index (κ2) is 5.79. The van der Waals surface area contributed by atoms with Gasteiger partial charge in [-0.05, 0) is 23.8 Å². The molecule has 0 atom stereocenters. The second-order valence-electron chi connectivity index (χ2n) is 5.62. The van der Waals surface area contributed by atoms with Crippen LogP contribution in [0.5, 0.6) is 0 Å². The van der Waals surface area contributed by atoms with Crippen molar-refractivity contribution in [2.24, 2.45) is 0 Å². The Morgan fingerprint density at radius 2 is 1.82 bits per heavy atom. The largest absolute Gasteiger partial charge is 0.339 e. The number of piperazine rings is 1. The van der Waals surface area contributed by atoms with Gasteiger partial charge < -0.3 is 15.1 Å². The zero-order chi connectivity index (χ0) is 15.7. The first-order valence-electron chi connectivity index (χ1n) is 7.58. The minimum Gasteiger partial charge on any atom is -0.339 e. The number of rotatable bonds is 2. The smallest absolute Gasteiger partial charge is 0.253 e. The van der Waals surface area contributed by atoms with E-state index < -0.39 is 0 Å². The minimum atomic E-state index is -0.0363. The summed E-state index contributed by atoms with van der Waals surface area (Å²) in [4.78, 5) is 39.1. The molecule has 1 aromatic rings. The zero-order valence-electron chi connectivity index (χ0n) is 12.6. The van der Waals surface area contributed by atoms with Crippen molar-refractivity contribution in [1.29, 1.82) is 0 Å². The highest BCUT2D eigenvalue weighted by Gasteiger charge is 2.25.